The first-order chi connectivity index (χ1) is 5.24. The highest BCUT2D eigenvalue weighted by Crippen LogP contribution is 2.24. The lowest BCUT2D eigenvalue weighted by Crippen LogP contribution is -1.94. The number of rotatable bonds is 3. The van der Waals surface area contributed by atoms with Crippen LogP contribution in [-0.4, -0.2) is 11.0 Å². The maximum absolute atomic E-state index is 9.46. The van der Waals surface area contributed by atoms with Gasteiger partial charge in [-0.2, -0.15) is 0 Å². The van der Waals surface area contributed by atoms with Gasteiger partial charge in [0.05, 0.1) is 6.10 Å². The predicted octanol–water partition coefficient (Wildman–Crippen LogP) is 2.72. The predicted molar refractivity (Wildman–Crippen MR) is 49.4 cm³/mol. The molecule has 0 unspecified atom stereocenters. The van der Waals surface area contributed by atoms with E-state index in [0.717, 1.165) is 4.88 Å². The molecule has 0 amide bonds. The summed E-state index contributed by atoms with van der Waals surface area (Å²) in [5.41, 5.74) is 0. The van der Waals surface area contributed by atoms with Crippen LogP contribution in [0.5, 0.6) is 0 Å². The molecule has 1 atom stereocenters. The molecule has 0 radical (unpaired) electrons. The number of hydrogen-bond acceptors (Lipinski definition) is 2. The number of halogens is 1. The van der Waals surface area contributed by atoms with Crippen LogP contribution in [0, 0.1) is 6.92 Å². The largest absolute Gasteiger partial charge is 0.388 e. The molecule has 0 saturated carbocycles. The Hall–Kier alpha value is -0.0500. The first-order valence-corrected chi connectivity index (χ1v) is 4.89. The smallest absolute Gasteiger partial charge is 0.0893 e. The number of aliphatic hydroxyl groups is 1. The fourth-order valence-electron chi connectivity index (χ4n) is 0.878. The van der Waals surface area contributed by atoms with Crippen molar-refractivity contribution in [2.45, 2.75) is 19.4 Å². The summed E-state index contributed by atoms with van der Waals surface area (Å²) >= 11 is 7.12. The lowest BCUT2D eigenvalue weighted by Gasteiger charge is -2.03. The Kier molecular flexibility index (Phi) is 3.37. The van der Waals surface area contributed by atoms with Crippen LogP contribution in [0.2, 0.25) is 0 Å². The van der Waals surface area contributed by atoms with Crippen molar-refractivity contribution in [1.29, 1.82) is 0 Å². The second-order valence-corrected chi connectivity index (χ2v) is 4.14. The Labute approximate surface area is 75.6 Å². The summed E-state index contributed by atoms with van der Waals surface area (Å²) in [6.07, 6.45) is 0.271. The summed E-state index contributed by atoms with van der Waals surface area (Å²) in [6, 6.07) is 3.97. The Bertz CT molecular complexity index is 222. The highest BCUT2D eigenvalue weighted by molar-refractivity contribution is 7.12. The van der Waals surface area contributed by atoms with Crippen molar-refractivity contribution in [3.63, 3.8) is 0 Å². The monoisotopic (exact) mass is 190 g/mol. The van der Waals surface area contributed by atoms with Gasteiger partial charge in [0, 0.05) is 15.6 Å². The molecule has 0 spiro atoms. The first-order valence-electron chi connectivity index (χ1n) is 3.54. The van der Waals surface area contributed by atoms with Crippen LogP contribution < -0.4 is 0 Å². The van der Waals surface area contributed by atoms with Crippen LogP contribution in [0.1, 0.15) is 22.3 Å². The molecule has 0 aliphatic heterocycles. The summed E-state index contributed by atoms with van der Waals surface area (Å²) in [7, 11) is 0. The Morgan fingerprint density at radius 1 is 1.64 bits per heavy atom. The molecule has 11 heavy (non-hydrogen) atoms. The fourth-order valence-corrected chi connectivity index (χ4v) is 1.98. The van der Waals surface area contributed by atoms with E-state index in [4.69, 9.17) is 11.6 Å². The SMILES string of the molecule is Cc1ccc([C@@H](O)CCCl)s1. The molecule has 62 valence electrons. The molecule has 0 bridgehead atoms. The fraction of sp³-hybridized carbons (Fsp3) is 0.500. The van der Waals surface area contributed by atoms with Crippen molar-refractivity contribution in [2.24, 2.45) is 0 Å². The van der Waals surface area contributed by atoms with Gasteiger partial charge < -0.3 is 5.11 Å². The number of aliphatic hydroxyl groups excluding tert-OH is 1. The molecule has 1 nitrogen and oxygen atoms in total. The van der Waals surface area contributed by atoms with Crippen LogP contribution in [0.15, 0.2) is 12.1 Å². The van der Waals surface area contributed by atoms with E-state index in [1.54, 1.807) is 11.3 Å². The van der Waals surface area contributed by atoms with E-state index in [0.29, 0.717) is 12.3 Å². The van der Waals surface area contributed by atoms with Crippen LogP contribution in [0.3, 0.4) is 0 Å². The zero-order valence-electron chi connectivity index (χ0n) is 6.38. The Morgan fingerprint density at radius 3 is 2.82 bits per heavy atom. The van der Waals surface area contributed by atoms with Crippen LogP contribution in [0.4, 0.5) is 0 Å². The van der Waals surface area contributed by atoms with Crippen LogP contribution in [0.25, 0.3) is 0 Å². The molecule has 1 aromatic rings. The average molecular weight is 191 g/mol. The van der Waals surface area contributed by atoms with E-state index in [2.05, 4.69) is 0 Å². The average Bonchev–Trinajstić information content (AvgIpc) is 2.36. The van der Waals surface area contributed by atoms with Crippen molar-refractivity contribution in [3.8, 4) is 0 Å². The Balaban J connectivity index is 2.60. The summed E-state index contributed by atoms with van der Waals surface area (Å²) < 4.78 is 0. The number of aryl methyl sites for hydroxylation is 1. The zero-order chi connectivity index (χ0) is 8.27. The van der Waals surface area contributed by atoms with Gasteiger partial charge in [0.15, 0.2) is 0 Å². The van der Waals surface area contributed by atoms with Gasteiger partial charge in [-0.3, -0.25) is 0 Å². The zero-order valence-corrected chi connectivity index (χ0v) is 7.95. The van der Waals surface area contributed by atoms with Crippen molar-refractivity contribution in [3.05, 3.63) is 21.9 Å². The van der Waals surface area contributed by atoms with E-state index >= 15 is 0 Å². The lowest BCUT2D eigenvalue weighted by molar-refractivity contribution is 0.178. The number of alkyl halides is 1. The molecule has 0 aliphatic carbocycles. The topological polar surface area (TPSA) is 20.2 Å². The molecule has 0 fully saturated rings. The van der Waals surface area contributed by atoms with Crippen LogP contribution in [-0.2, 0) is 0 Å². The maximum Gasteiger partial charge on any atom is 0.0893 e. The van der Waals surface area contributed by atoms with Gasteiger partial charge in [-0.25, -0.2) is 0 Å². The third-order valence-electron chi connectivity index (χ3n) is 1.47. The minimum absolute atomic E-state index is 0.369. The summed E-state index contributed by atoms with van der Waals surface area (Å²) in [5.74, 6) is 0.512. The van der Waals surface area contributed by atoms with Crippen molar-refractivity contribution < 1.29 is 5.11 Å². The second-order valence-electron chi connectivity index (χ2n) is 2.44. The minimum atomic E-state index is -0.369. The normalized spacial score (nSPS) is 13.4. The molecule has 3 heteroatoms. The first kappa shape index (κ1) is 9.04. The lowest BCUT2D eigenvalue weighted by atomic mass is 10.2. The van der Waals surface area contributed by atoms with E-state index in [-0.39, 0.29) is 6.10 Å². The van der Waals surface area contributed by atoms with Gasteiger partial charge in [-0.15, -0.1) is 22.9 Å². The molecule has 0 aromatic carbocycles. The van der Waals surface area contributed by atoms with Gasteiger partial charge in [-0.1, -0.05) is 0 Å². The van der Waals surface area contributed by atoms with Crippen molar-refractivity contribution in [2.75, 3.05) is 5.88 Å². The summed E-state index contributed by atoms with van der Waals surface area (Å²) in [4.78, 5) is 2.25. The second kappa shape index (κ2) is 4.10. The maximum atomic E-state index is 9.46. The van der Waals surface area contributed by atoms with E-state index < -0.39 is 0 Å². The van der Waals surface area contributed by atoms with E-state index in [9.17, 15) is 5.11 Å². The number of thiophene rings is 1. The van der Waals surface area contributed by atoms with Gasteiger partial charge in [-0.05, 0) is 25.5 Å². The quantitative estimate of drug-likeness (QED) is 0.727. The summed E-state index contributed by atoms with van der Waals surface area (Å²) in [5, 5.41) is 9.46. The minimum Gasteiger partial charge on any atom is -0.388 e. The molecular weight excluding hydrogens is 180 g/mol. The van der Waals surface area contributed by atoms with Crippen molar-refractivity contribution in [1.82, 2.24) is 0 Å². The standard InChI is InChI=1S/C8H11ClOS/c1-6-2-3-8(11-6)7(10)4-5-9/h2-3,7,10H,4-5H2,1H3/t7-/m0/s1. The van der Waals surface area contributed by atoms with Gasteiger partial charge in [0.1, 0.15) is 0 Å². The summed E-state index contributed by atoms with van der Waals surface area (Å²) in [6.45, 7) is 2.03. The molecular formula is C8H11ClOS. The van der Waals surface area contributed by atoms with Crippen LogP contribution >= 0.6 is 22.9 Å². The van der Waals surface area contributed by atoms with Gasteiger partial charge in [0.25, 0.3) is 0 Å². The highest BCUT2D eigenvalue weighted by Gasteiger charge is 2.07. The molecule has 0 saturated heterocycles. The van der Waals surface area contributed by atoms with E-state index in [1.165, 1.54) is 4.88 Å². The Morgan fingerprint density at radius 2 is 2.36 bits per heavy atom. The van der Waals surface area contributed by atoms with E-state index in [1.807, 2.05) is 19.1 Å². The van der Waals surface area contributed by atoms with Gasteiger partial charge >= 0.3 is 0 Å². The molecule has 1 N–H and O–H groups in total. The molecule has 0 aliphatic rings. The molecule has 1 rings (SSSR count). The van der Waals surface area contributed by atoms with Crippen molar-refractivity contribution >= 4 is 22.9 Å². The third-order valence-corrected chi connectivity index (χ3v) is 2.79. The van der Waals surface area contributed by atoms with Gasteiger partial charge in [0.2, 0.25) is 0 Å². The molecule has 1 heterocycles. The molecule has 1 aromatic heterocycles. The third kappa shape index (κ3) is 2.47. The number of hydrogen-bond donors (Lipinski definition) is 1. The highest BCUT2D eigenvalue weighted by atomic mass is 35.5.